The Hall–Kier alpha value is -2.71. The summed E-state index contributed by atoms with van der Waals surface area (Å²) in [6.45, 7) is 0.754. The summed E-state index contributed by atoms with van der Waals surface area (Å²) >= 11 is 0. The highest BCUT2D eigenvalue weighted by Crippen LogP contribution is 2.57. The number of carbonyl (C=O) groups is 2. The van der Waals surface area contributed by atoms with Gasteiger partial charge in [0, 0.05) is 17.6 Å². The lowest BCUT2D eigenvalue weighted by Crippen LogP contribution is -2.70. The monoisotopic (exact) mass is 503 g/mol. The van der Waals surface area contributed by atoms with E-state index in [1.807, 2.05) is 0 Å². The first-order valence-corrected chi connectivity index (χ1v) is 13.6. The SMILES string of the molecule is N#CC1CCCN1C(=O)CNC12CC3CC(C1)CC(NC(=O)NS(=O)(=O)c1ccc(F)cc1)(C3)C2. The average Bonchev–Trinajstić information content (AvgIpc) is 3.25. The highest BCUT2D eigenvalue weighted by Gasteiger charge is 2.58. The van der Waals surface area contributed by atoms with Gasteiger partial charge in [-0.15, -0.1) is 0 Å². The van der Waals surface area contributed by atoms with E-state index >= 15 is 0 Å². The summed E-state index contributed by atoms with van der Waals surface area (Å²) < 4.78 is 40.4. The lowest BCUT2D eigenvalue weighted by molar-refractivity contribution is -0.131. The summed E-state index contributed by atoms with van der Waals surface area (Å²) in [5, 5.41) is 15.8. The van der Waals surface area contributed by atoms with Crippen LogP contribution in [-0.2, 0) is 14.8 Å². The number of hydrogen-bond acceptors (Lipinski definition) is 6. The molecule has 0 aromatic heterocycles. The Balaban J connectivity index is 1.25. The molecule has 1 aliphatic heterocycles. The standard InChI is InChI=1S/C24H30FN5O4S/c25-18-3-5-20(6-4-18)35(33,34)29-22(32)28-24-11-16-8-17(12-24)10-23(9-16,15-24)27-14-21(31)30-7-1-2-19(30)13-26/h3-6,16-17,19,27H,1-2,7-12,14-15H2,(H2,28,29,32). The van der Waals surface area contributed by atoms with Crippen molar-refractivity contribution in [3.05, 3.63) is 30.1 Å². The van der Waals surface area contributed by atoms with Crippen LogP contribution < -0.4 is 15.4 Å². The molecule has 3 unspecified atom stereocenters. The molecule has 9 nitrogen and oxygen atoms in total. The maximum Gasteiger partial charge on any atom is 0.329 e. The Morgan fingerprint density at radius 2 is 1.77 bits per heavy atom. The van der Waals surface area contributed by atoms with Crippen LogP contribution in [0.1, 0.15) is 51.4 Å². The van der Waals surface area contributed by atoms with E-state index in [0.29, 0.717) is 31.2 Å². The quantitative estimate of drug-likeness (QED) is 0.544. The normalized spacial score (nSPS) is 33.4. The van der Waals surface area contributed by atoms with Crippen molar-refractivity contribution in [3.63, 3.8) is 0 Å². The maximum absolute atomic E-state index is 13.2. The number of benzene rings is 1. The van der Waals surface area contributed by atoms with Gasteiger partial charge in [0.15, 0.2) is 0 Å². The predicted molar refractivity (Wildman–Crippen MR) is 124 cm³/mol. The molecule has 3 N–H and O–H groups in total. The molecule has 0 spiro atoms. The highest BCUT2D eigenvalue weighted by molar-refractivity contribution is 7.90. The van der Waals surface area contributed by atoms with Crippen molar-refractivity contribution in [2.45, 2.75) is 73.4 Å². The second-order valence-electron chi connectivity index (χ2n) is 10.8. The van der Waals surface area contributed by atoms with Crippen molar-refractivity contribution in [1.82, 2.24) is 20.3 Å². The van der Waals surface area contributed by atoms with Gasteiger partial charge in [0.2, 0.25) is 5.91 Å². The third kappa shape index (κ3) is 4.74. The first-order chi connectivity index (χ1) is 16.6. The molecule has 1 saturated heterocycles. The molecule has 6 rings (SSSR count). The van der Waals surface area contributed by atoms with Crippen LogP contribution in [0.2, 0.25) is 0 Å². The van der Waals surface area contributed by atoms with Gasteiger partial charge in [-0.2, -0.15) is 5.26 Å². The number of sulfonamides is 1. The van der Waals surface area contributed by atoms with Crippen LogP contribution in [0.25, 0.3) is 0 Å². The van der Waals surface area contributed by atoms with Crippen molar-refractivity contribution < 1.29 is 22.4 Å². The summed E-state index contributed by atoms with van der Waals surface area (Å²) in [5.41, 5.74) is -0.851. The van der Waals surface area contributed by atoms with Gasteiger partial charge in [0.1, 0.15) is 11.9 Å². The van der Waals surface area contributed by atoms with Crippen LogP contribution in [-0.4, -0.2) is 55.5 Å². The smallest absolute Gasteiger partial charge is 0.329 e. The van der Waals surface area contributed by atoms with Crippen LogP contribution >= 0.6 is 0 Å². The number of nitrogens with zero attached hydrogens (tertiary/aromatic N) is 2. The van der Waals surface area contributed by atoms with Gasteiger partial charge in [-0.3, -0.25) is 4.79 Å². The number of rotatable bonds is 6. The minimum atomic E-state index is -4.13. The van der Waals surface area contributed by atoms with E-state index < -0.39 is 27.4 Å². The fourth-order valence-electron chi connectivity index (χ4n) is 7.24. The van der Waals surface area contributed by atoms with Gasteiger partial charge < -0.3 is 15.5 Å². The molecule has 1 aromatic carbocycles. The van der Waals surface area contributed by atoms with Gasteiger partial charge in [-0.05, 0) is 87.5 Å². The lowest BCUT2D eigenvalue weighted by atomic mass is 9.50. The summed E-state index contributed by atoms with van der Waals surface area (Å²) in [6, 6.07) is 5.34. The predicted octanol–water partition coefficient (Wildman–Crippen LogP) is 2.01. The molecule has 0 radical (unpaired) electrons. The van der Waals surface area contributed by atoms with Crippen LogP contribution in [0.4, 0.5) is 9.18 Å². The zero-order valence-corrected chi connectivity index (χ0v) is 20.2. The van der Waals surface area contributed by atoms with Crippen LogP contribution in [0.5, 0.6) is 0 Å². The van der Waals surface area contributed by atoms with Gasteiger partial charge >= 0.3 is 6.03 Å². The average molecular weight is 504 g/mol. The molecule has 11 heteroatoms. The second kappa shape index (κ2) is 8.75. The Labute approximate surface area is 204 Å². The second-order valence-corrected chi connectivity index (χ2v) is 12.4. The molecule has 4 aliphatic carbocycles. The topological polar surface area (TPSA) is 131 Å². The van der Waals surface area contributed by atoms with E-state index in [1.54, 1.807) is 4.90 Å². The minimum absolute atomic E-state index is 0.0741. The van der Waals surface area contributed by atoms with Crippen molar-refractivity contribution in [3.8, 4) is 6.07 Å². The zero-order valence-electron chi connectivity index (χ0n) is 19.4. The fraction of sp³-hybridized carbons (Fsp3) is 0.625. The number of halogens is 1. The van der Waals surface area contributed by atoms with Crippen LogP contribution in [0.3, 0.4) is 0 Å². The van der Waals surface area contributed by atoms with E-state index in [0.717, 1.165) is 62.8 Å². The maximum atomic E-state index is 13.2. The number of likely N-dealkylation sites (tertiary alicyclic amines) is 1. The number of nitrogens with one attached hydrogen (secondary N) is 3. The van der Waals surface area contributed by atoms with Gasteiger partial charge in [0.05, 0.1) is 17.5 Å². The van der Waals surface area contributed by atoms with E-state index in [1.165, 1.54) is 0 Å². The number of amides is 3. The third-order valence-electron chi connectivity index (χ3n) is 8.13. The molecule has 4 saturated carbocycles. The molecule has 1 aromatic rings. The lowest BCUT2D eigenvalue weighted by Gasteiger charge is -2.62. The molecule has 5 fully saturated rings. The third-order valence-corrected chi connectivity index (χ3v) is 9.47. The van der Waals surface area contributed by atoms with Gasteiger partial charge in [-0.1, -0.05) is 0 Å². The Morgan fingerprint density at radius 1 is 1.11 bits per heavy atom. The summed E-state index contributed by atoms with van der Waals surface area (Å²) in [4.78, 5) is 27.1. The fourth-order valence-corrected chi connectivity index (χ4v) is 8.15. The van der Waals surface area contributed by atoms with E-state index in [9.17, 15) is 27.7 Å². The molecule has 3 amide bonds. The number of nitriles is 1. The molecule has 35 heavy (non-hydrogen) atoms. The first-order valence-electron chi connectivity index (χ1n) is 12.2. The molecule has 1 heterocycles. The van der Waals surface area contributed by atoms with Crippen molar-refractivity contribution >= 4 is 22.0 Å². The highest BCUT2D eigenvalue weighted by atomic mass is 32.2. The molecule has 5 aliphatic rings. The first kappa shape index (κ1) is 24.0. The van der Waals surface area contributed by atoms with Crippen LogP contribution in [0.15, 0.2) is 29.2 Å². The summed E-state index contributed by atoms with van der Waals surface area (Å²) in [6.07, 6.45) is 6.60. The molecule has 188 valence electrons. The molecular weight excluding hydrogens is 473 g/mol. The summed E-state index contributed by atoms with van der Waals surface area (Å²) in [7, 11) is -4.13. The number of urea groups is 1. The summed E-state index contributed by atoms with van der Waals surface area (Å²) in [5.74, 6) is 0.124. The van der Waals surface area contributed by atoms with Crippen molar-refractivity contribution in [1.29, 1.82) is 5.26 Å². The Kier molecular flexibility index (Phi) is 6.00. The Morgan fingerprint density at radius 3 is 2.43 bits per heavy atom. The van der Waals surface area contributed by atoms with Gasteiger partial charge in [0.25, 0.3) is 10.0 Å². The van der Waals surface area contributed by atoms with E-state index in [2.05, 4.69) is 21.4 Å². The molecule has 4 bridgehead atoms. The number of carbonyl (C=O) groups excluding carboxylic acids is 2. The Bertz CT molecular complexity index is 1150. The van der Waals surface area contributed by atoms with Gasteiger partial charge in [-0.25, -0.2) is 22.3 Å². The molecule has 3 atom stereocenters. The van der Waals surface area contributed by atoms with Crippen molar-refractivity contribution in [2.75, 3.05) is 13.1 Å². The molecular formula is C24H30FN5O4S. The van der Waals surface area contributed by atoms with Crippen LogP contribution in [0, 0.1) is 29.0 Å². The minimum Gasteiger partial charge on any atom is -0.332 e. The van der Waals surface area contributed by atoms with E-state index in [4.69, 9.17) is 0 Å². The zero-order chi connectivity index (χ0) is 24.8. The van der Waals surface area contributed by atoms with Crippen molar-refractivity contribution in [2.24, 2.45) is 11.8 Å². The number of hydrogen-bond donors (Lipinski definition) is 3. The largest absolute Gasteiger partial charge is 0.332 e. The van der Waals surface area contributed by atoms with E-state index in [-0.39, 0.29) is 28.9 Å².